The second kappa shape index (κ2) is 10.7. The number of carbonyl (C=O) groups is 2. The fourth-order valence-corrected chi connectivity index (χ4v) is 3.76. The molecule has 0 aliphatic rings. The number of hydrogen-bond donors (Lipinski definition) is 2. The third kappa shape index (κ3) is 7.76. The van der Waals surface area contributed by atoms with Gasteiger partial charge in [0.25, 0.3) is 5.91 Å². The van der Waals surface area contributed by atoms with E-state index in [1.807, 2.05) is 26.0 Å². The van der Waals surface area contributed by atoms with Gasteiger partial charge in [-0.2, -0.15) is 0 Å². The zero-order chi connectivity index (χ0) is 23.9. The number of esters is 1. The quantitative estimate of drug-likeness (QED) is 0.559. The first-order valence-corrected chi connectivity index (χ1v) is 12.0. The fourth-order valence-electron chi connectivity index (χ4n) is 2.74. The Morgan fingerprint density at radius 2 is 1.56 bits per heavy atom. The third-order valence-corrected chi connectivity index (χ3v) is 6.15. The lowest BCUT2D eigenvalue weighted by molar-refractivity contribution is -0.124. The topological polar surface area (TPSA) is 102 Å². The van der Waals surface area contributed by atoms with Gasteiger partial charge in [-0.15, -0.1) is 0 Å². The Balaban J connectivity index is 1.90. The van der Waals surface area contributed by atoms with Crippen LogP contribution in [0.3, 0.4) is 0 Å². The van der Waals surface area contributed by atoms with Gasteiger partial charge in [0.05, 0.1) is 10.5 Å². The number of benzene rings is 2. The minimum atomic E-state index is -3.66. The van der Waals surface area contributed by atoms with Crippen LogP contribution in [0.25, 0.3) is 0 Å². The van der Waals surface area contributed by atoms with Crippen molar-refractivity contribution in [3.63, 3.8) is 0 Å². The van der Waals surface area contributed by atoms with Crippen molar-refractivity contribution in [3.05, 3.63) is 65.2 Å². The van der Waals surface area contributed by atoms with E-state index in [0.29, 0.717) is 18.0 Å². The predicted molar refractivity (Wildman–Crippen MR) is 124 cm³/mol. The lowest BCUT2D eigenvalue weighted by Crippen LogP contribution is -2.31. The zero-order valence-electron chi connectivity index (χ0n) is 19.3. The van der Waals surface area contributed by atoms with Crippen molar-refractivity contribution in [1.82, 2.24) is 10.0 Å². The molecule has 0 unspecified atom stereocenters. The van der Waals surface area contributed by atoms with Crippen LogP contribution in [-0.4, -0.2) is 33.4 Å². The van der Waals surface area contributed by atoms with Crippen LogP contribution in [-0.2, 0) is 31.5 Å². The first-order valence-electron chi connectivity index (χ1n) is 10.5. The standard InChI is InChI=1S/C24H32N2O5S/c1-17(2)14-25-22(27)16-31-23(28)19-8-6-18(7-9-19)15-26-32(29,30)21-12-10-20(11-13-21)24(3,4)5/h6-13,17,26H,14-16H2,1-5H3,(H,25,27). The highest BCUT2D eigenvalue weighted by Crippen LogP contribution is 2.23. The summed E-state index contributed by atoms with van der Waals surface area (Å²) in [5.41, 5.74) is 1.96. The van der Waals surface area contributed by atoms with Gasteiger partial charge in [-0.25, -0.2) is 17.9 Å². The van der Waals surface area contributed by atoms with Gasteiger partial charge in [0, 0.05) is 13.1 Å². The number of ether oxygens (including phenoxy) is 1. The molecule has 7 nitrogen and oxygen atoms in total. The van der Waals surface area contributed by atoms with Crippen molar-refractivity contribution < 1.29 is 22.7 Å². The molecular weight excluding hydrogens is 428 g/mol. The second-order valence-corrected chi connectivity index (χ2v) is 10.8. The van der Waals surface area contributed by atoms with Gasteiger partial charge in [0.2, 0.25) is 10.0 Å². The molecule has 0 aromatic heterocycles. The molecule has 0 spiro atoms. The van der Waals surface area contributed by atoms with Gasteiger partial charge in [0.15, 0.2) is 6.61 Å². The monoisotopic (exact) mass is 460 g/mol. The molecule has 8 heteroatoms. The molecule has 0 fully saturated rings. The fraction of sp³-hybridized carbons (Fsp3) is 0.417. The van der Waals surface area contributed by atoms with Gasteiger partial charge < -0.3 is 10.1 Å². The van der Waals surface area contributed by atoms with E-state index in [9.17, 15) is 18.0 Å². The van der Waals surface area contributed by atoms with Gasteiger partial charge in [-0.1, -0.05) is 58.9 Å². The van der Waals surface area contributed by atoms with Crippen molar-refractivity contribution in [2.75, 3.05) is 13.2 Å². The minimum Gasteiger partial charge on any atom is -0.452 e. The number of nitrogens with one attached hydrogen (secondary N) is 2. The van der Waals surface area contributed by atoms with E-state index in [2.05, 4.69) is 30.8 Å². The summed E-state index contributed by atoms with van der Waals surface area (Å²) >= 11 is 0. The smallest absolute Gasteiger partial charge is 0.338 e. The van der Waals surface area contributed by atoms with Crippen LogP contribution >= 0.6 is 0 Å². The highest BCUT2D eigenvalue weighted by Gasteiger charge is 2.17. The molecule has 0 aliphatic carbocycles. The molecule has 0 bridgehead atoms. The van der Waals surface area contributed by atoms with Crippen molar-refractivity contribution in [2.45, 2.75) is 51.5 Å². The molecule has 0 saturated carbocycles. The Morgan fingerprint density at radius 3 is 2.09 bits per heavy atom. The van der Waals surface area contributed by atoms with Crippen molar-refractivity contribution in [1.29, 1.82) is 0 Å². The highest BCUT2D eigenvalue weighted by atomic mass is 32.2. The maximum absolute atomic E-state index is 12.6. The highest BCUT2D eigenvalue weighted by molar-refractivity contribution is 7.89. The summed E-state index contributed by atoms with van der Waals surface area (Å²) in [6, 6.07) is 13.2. The lowest BCUT2D eigenvalue weighted by atomic mass is 9.87. The summed E-state index contributed by atoms with van der Waals surface area (Å²) in [6.45, 7) is 10.4. The van der Waals surface area contributed by atoms with Crippen molar-refractivity contribution in [2.24, 2.45) is 5.92 Å². The Kier molecular flexibility index (Phi) is 8.58. The molecule has 1 amide bonds. The zero-order valence-corrected chi connectivity index (χ0v) is 20.1. The minimum absolute atomic E-state index is 0.0590. The molecule has 2 aromatic rings. The van der Waals surface area contributed by atoms with E-state index < -0.39 is 16.0 Å². The summed E-state index contributed by atoms with van der Waals surface area (Å²) in [6.07, 6.45) is 0. The maximum atomic E-state index is 12.6. The molecule has 174 valence electrons. The van der Waals surface area contributed by atoms with Crippen LogP contribution in [0, 0.1) is 5.92 Å². The molecule has 0 atom stereocenters. The average molecular weight is 461 g/mol. The van der Waals surface area contributed by atoms with E-state index in [-0.39, 0.29) is 34.9 Å². The molecule has 32 heavy (non-hydrogen) atoms. The Hall–Kier alpha value is -2.71. The Morgan fingerprint density at radius 1 is 0.969 bits per heavy atom. The molecule has 0 saturated heterocycles. The van der Waals surface area contributed by atoms with E-state index in [4.69, 9.17) is 4.74 Å². The Bertz CT molecular complexity index is 1020. The van der Waals surface area contributed by atoms with E-state index >= 15 is 0 Å². The first kappa shape index (κ1) is 25.5. The second-order valence-electron chi connectivity index (χ2n) is 9.07. The number of rotatable bonds is 9. The summed E-state index contributed by atoms with van der Waals surface area (Å²) in [4.78, 5) is 23.9. The summed E-state index contributed by atoms with van der Waals surface area (Å²) in [7, 11) is -3.66. The number of amides is 1. The molecular formula is C24H32N2O5S. The number of sulfonamides is 1. The molecule has 0 heterocycles. The summed E-state index contributed by atoms with van der Waals surface area (Å²) in [5, 5.41) is 2.67. The number of hydrogen-bond acceptors (Lipinski definition) is 5. The van der Waals surface area contributed by atoms with Crippen LogP contribution in [0.5, 0.6) is 0 Å². The molecule has 0 aliphatic heterocycles. The molecule has 2 N–H and O–H groups in total. The van der Waals surface area contributed by atoms with Crippen LogP contribution < -0.4 is 10.0 Å². The normalized spacial score (nSPS) is 11.9. The van der Waals surface area contributed by atoms with E-state index in [1.54, 1.807) is 24.3 Å². The lowest BCUT2D eigenvalue weighted by Gasteiger charge is -2.19. The molecule has 0 radical (unpaired) electrons. The van der Waals surface area contributed by atoms with Gasteiger partial charge in [-0.05, 0) is 46.7 Å². The van der Waals surface area contributed by atoms with Gasteiger partial charge in [-0.3, -0.25) is 4.79 Å². The van der Waals surface area contributed by atoms with Gasteiger partial charge >= 0.3 is 5.97 Å². The average Bonchev–Trinajstić information content (AvgIpc) is 2.74. The predicted octanol–water partition coefficient (Wildman–Crippen LogP) is 3.39. The van der Waals surface area contributed by atoms with Crippen LogP contribution in [0.4, 0.5) is 0 Å². The van der Waals surface area contributed by atoms with Gasteiger partial charge in [0.1, 0.15) is 0 Å². The SMILES string of the molecule is CC(C)CNC(=O)COC(=O)c1ccc(CNS(=O)(=O)c2ccc(C(C)(C)C)cc2)cc1. The van der Waals surface area contributed by atoms with E-state index in [1.165, 1.54) is 12.1 Å². The third-order valence-electron chi connectivity index (χ3n) is 4.73. The van der Waals surface area contributed by atoms with Crippen LogP contribution in [0.2, 0.25) is 0 Å². The van der Waals surface area contributed by atoms with E-state index in [0.717, 1.165) is 5.56 Å². The Labute approximate surface area is 190 Å². The molecule has 2 rings (SSSR count). The first-order chi connectivity index (χ1) is 14.9. The largest absolute Gasteiger partial charge is 0.452 e. The van der Waals surface area contributed by atoms with Crippen LogP contribution in [0.1, 0.15) is 56.1 Å². The molecule has 2 aromatic carbocycles. The summed E-state index contributed by atoms with van der Waals surface area (Å²) in [5.74, 6) is -0.660. The maximum Gasteiger partial charge on any atom is 0.338 e. The van der Waals surface area contributed by atoms with Crippen molar-refractivity contribution in [3.8, 4) is 0 Å². The van der Waals surface area contributed by atoms with Crippen molar-refractivity contribution >= 4 is 21.9 Å². The number of carbonyl (C=O) groups excluding carboxylic acids is 2. The van der Waals surface area contributed by atoms with Crippen LogP contribution in [0.15, 0.2) is 53.4 Å². The summed E-state index contributed by atoms with van der Waals surface area (Å²) < 4.78 is 32.7.